The van der Waals surface area contributed by atoms with Crippen molar-refractivity contribution in [1.29, 1.82) is 0 Å². The Morgan fingerprint density at radius 2 is 2.41 bits per heavy atom. The van der Waals surface area contributed by atoms with Crippen molar-refractivity contribution in [2.75, 3.05) is 33.5 Å². The number of methoxy groups -OCH3 is 1. The Bertz CT molecular complexity index is 217. The van der Waals surface area contributed by atoms with E-state index in [0.29, 0.717) is 19.8 Å². The van der Waals surface area contributed by atoms with Gasteiger partial charge in [0.2, 0.25) is 5.91 Å². The third-order valence-electron chi connectivity index (χ3n) is 2.82. The quantitative estimate of drug-likeness (QED) is 0.640. The van der Waals surface area contributed by atoms with Gasteiger partial charge in [-0.3, -0.25) is 4.79 Å². The molecule has 0 aromatic heterocycles. The second-order valence-electron chi connectivity index (χ2n) is 4.23. The van der Waals surface area contributed by atoms with E-state index in [4.69, 9.17) is 14.2 Å². The van der Waals surface area contributed by atoms with Gasteiger partial charge in [-0.25, -0.2) is 0 Å². The van der Waals surface area contributed by atoms with Gasteiger partial charge in [-0.15, -0.1) is 0 Å². The number of carbonyl (C=O) groups excluding carboxylic acids is 1. The minimum atomic E-state index is -0.386. The summed E-state index contributed by atoms with van der Waals surface area (Å²) in [5.41, 5.74) is 0. The summed E-state index contributed by atoms with van der Waals surface area (Å²) in [6.07, 6.45) is 2.94. The Morgan fingerprint density at radius 3 is 3.06 bits per heavy atom. The van der Waals surface area contributed by atoms with E-state index < -0.39 is 0 Å². The molecule has 0 aromatic rings. The Balaban J connectivity index is 1.88. The van der Waals surface area contributed by atoms with Crippen molar-refractivity contribution in [3.05, 3.63) is 0 Å². The molecule has 2 unspecified atom stereocenters. The van der Waals surface area contributed by atoms with Crippen LogP contribution < -0.4 is 5.32 Å². The fourth-order valence-corrected chi connectivity index (χ4v) is 1.63. The Morgan fingerprint density at radius 1 is 1.59 bits per heavy atom. The summed E-state index contributed by atoms with van der Waals surface area (Å²) in [7, 11) is 1.52. The van der Waals surface area contributed by atoms with Crippen molar-refractivity contribution >= 4 is 5.91 Å². The van der Waals surface area contributed by atoms with Crippen LogP contribution >= 0.6 is 0 Å². The number of ether oxygens (including phenoxy) is 3. The van der Waals surface area contributed by atoms with Crippen molar-refractivity contribution in [2.24, 2.45) is 0 Å². The lowest BCUT2D eigenvalue weighted by molar-refractivity contribution is -0.130. The van der Waals surface area contributed by atoms with Crippen molar-refractivity contribution < 1.29 is 19.0 Å². The average Bonchev–Trinajstić information content (AvgIpc) is 2.85. The monoisotopic (exact) mass is 245 g/mol. The summed E-state index contributed by atoms with van der Waals surface area (Å²) in [4.78, 5) is 11.3. The molecule has 0 aromatic carbocycles. The maximum absolute atomic E-state index is 11.3. The highest BCUT2D eigenvalue weighted by atomic mass is 16.5. The van der Waals surface area contributed by atoms with Crippen LogP contribution in [0.1, 0.15) is 26.2 Å². The number of nitrogens with one attached hydrogen (secondary N) is 1. The predicted octanol–water partition coefficient (Wildman–Crippen LogP) is 0.723. The van der Waals surface area contributed by atoms with E-state index in [0.717, 1.165) is 25.9 Å². The molecule has 17 heavy (non-hydrogen) atoms. The van der Waals surface area contributed by atoms with Crippen molar-refractivity contribution in [3.63, 3.8) is 0 Å². The van der Waals surface area contributed by atoms with Crippen LogP contribution in [0.3, 0.4) is 0 Å². The molecule has 1 rings (SSSR count). The minimum absolute atomic E-state index is 0.0772. The summed E-state index contributed by atoms with van der Waals surface area (Å²) in [5.74, 6) is -0.0772. The van der Waals surface area contributed by atoms with Gasteiger partial charge < -0.3 is 19.5 Å². The van der Waals surface area contributed by atoms with Gasteiger partial charge in [-0.2, -0.15) is 0 Å². The first kappa shape index (κ1) is 14.4. The molecule has 1 fully saturated rings. The fourth-order valence-electron chi connectivity index (χ4n) is 1.63. The van der Waals surface area contributed by atoms with Crippen molar-refractivity contribution in [1.82, 2.24) is 5.32 Å². The van der Waals surface area contributed by atoms with Crippen LogP contribution in [-0.4, -0.2) is 51.6 Å². The lowest BCUT2D eigenvalue weighted by atomic mass is 10.2. The summed E-state index contributed by atoms with van der Waals surface area (Å²) >= 11 is 0. The normalized spacial score (nSPS) is 21.4. The maximum Gasteiger partial charge on any atom is 0.248 e. The highest BCUT2D eigenvalue weighted by Crippen LogP contribution is 2.11. The highest BCUT2D eigenvalue weighted by Gasteiger charge is 2.15. The molecular formula is C12H23NO4. The molecular weight excluding hydrogens is 222 g/mol. The first-order valence-corrected chi connectivity index (χ1v) is 6.24. The van der Waals surface area contributed by atoms with Crippen LogP contribution in [0.2, 0.25) is 0 Å². The highest BCUT2D eigenvalue weighted by molar-refractivity contribution is 5.80. The van der Waals surface area contributed by atoms with E-state index in [9.17, 15) is 4.79 Å². The minimum Gasteiger partial charge on any atom is -0.379 e. The van der Waals surface area contributed by atoms with Gasteiger partial charge in [0.1, 0.15) is 6.10 Å². The second-order valence-corrected chi connectivity index (χ2v) is 4.23. The third kappa shape index (κ3) is 6.00. The second kappa shape index (κ2) is 8.44. The third-order valence-corrected chi connectivity index (χ3v) is 2.82. The number of hydrogen-bond acceptors (Lipinski definition) is 4. The molecule has 2 atom stereocenters. The van der Waals surface area contributed by atoms with E-state index >= 15 is 0 Å². The van der Waals surface area contributed by atoms with Crippen LogP contribution in [0, 0.1) is 0 Å². The van der Waals surface area contributed by atoms with Gasteiger partial charge in [-0.05, 0) is 26.2 Å². The van der Waals surface area contributed by atoms with Gasteiger partial charge >= 0.3 is 0 Å². The lowest BCUT2D eigenvalue weighted by Crippen LogP contribution is -2.34. The van der Waals surface area contributed by atoms with Gasteiger partial charge in [0.25, 0.3) is 0 Å². The molecule has 1 N–H and O–H groups in total. The van der Waals surface area contributed by atoms with Gasteiger partial charge in [-0.1, -0.05) is 0 Å². The molecule has 5 heteroatoms. The molecule has 1 saturated heterocycles. The first-order valence-electron chi connectivity index (χ1n) is 6.24. The number of amides is 1. The summed E-state index contributed by atoms with van der Waals surface area (Å²) < 4.78 is 15.8. The Labute approximate surface area is 103 Å². The van der Waals surface area contributed by atoms with Crippen molar-refractivity contribution in [2.45, 2.75) is 38.4 Å². The summed E-state index contributed by atoms with van der Waals surface area (Å²) in [5, 5.41) is 2.79. The molecule has 5 nitrogen and oxygen atoms in total. The van der Waals surface area contributed by atoms with Crippen LogP contribution in [-0.2, 0) is 19.0 Å². The Hall–Kier alpha value is -0.650. The standard InChI is InChI=1S/C12H23NO4/c1-10(15-2)12(14)13-6-4-7-16-9-11-5-3-8-17-11/h10-11H,3-9H2,1-2H3,(H,13,14). The van der Waals surface area contributed by atoms with Gasteiger partial charge in [0.15, 0.2) is 0 Å². The largest absolute Gasteiger partial charge is 0.379 e. The number of carbonyl (C=O) groups is 1. The molecule has 100 valence electrons. The van der Waals surface area contributed by atoms with Crippen LogP contribution in [0.5, 0.6) is 0 Å². The lowest BCUT2D eigenvalue weighted by Gasteiger charge is -2.11. The van der Waals surface area contributed by atoms with Crippen LogP contribution in [0.25, 0.3) is 0 Å². The predicted molar refractivity (Wildman–Crippen MR) is 63.9 cm³/mol. The van der Waals surface area contributed by atoms with E-state index in [1.165, 1.54) is 7.11 Å². The smallest absolute Gasteiger partial charge is 0.248 e. The SMILES string of the molecule is COC(C)C(=O)NCCCOCC1CCCO1. The van der Waals surface area contributed by atoms with Crippen LogP contribution in [0.15, 0.2) is 0 Å². The zero-order valence-corrected chi connectivity index (χ0v) is 10.7. The molecule has 1 heterocycles. The van der Waals surface area contributed by atoms with Gasteiger partial charge in [0, 0.05) is 26.9 Å². The molecule has 0 bridgehead atoms. The summed E-state index contributed by atoms with van der Waals surface area (Å²) in [6.45, 7) is 4.53. The van der Waals surface area contributed by atoms with Crippen LogP contribution in [0.4, 0.5) is 0 Å². The van der Waals surface area contributed by atoms with E-state index in [1.54, 1.807) is 6.92 Å². The average molecular weight is 245 g/mol. The van der Waals surface area contributed by atoms with E-state index in [1.807, 2.05) is 0 Å². The zero-order chi connectivity index (χ0) is 12.5. The van der Waals surface area contributed by atoms with Crippen molar-refractivity contribution in [3.8, 4) is 0 Å². The summed E-state index contributed by atoms with van der Waals surface area (Å²) in [6, 6.07) is 0. The molecule has 1 amide bonds. The first-order chi connectivity index (χ1) is 8.24. The van der Waals surface area contributed by atoms with Gasteiger partial charge in [0.05, 0.1) is 12.7 Å². The van der Waals surface area contributed by atoms with E-state index in [2.05, 4.69) is 5.32 Å². The molecule has 0 spiro atoms. The number of hydrogen-bond donors (Lipinski definition) is 1. The molecule has 0 saturated carbocycles. The fraction of sp³-hybridized carbons (Fsp3) is 0.917. The molecule has 0 radical (unpaired) electrons. The molecule has 0 aliphatic carbocycles. The molecule has 1 aliphatic heterocycles. The maximum atomic E-state index is 11.3. The molecule has 1 aliphatic rings. The topological polar surface area (TPSA) is 56.8 Å². The number of rotatable bonds is 8. The van der Waals surface area contributed by atoms with E-state index in [-0.39, 0.29) is 18.1 Å². The zero-order valence-electron chi connectivity index (χ0n) is 10.7. The Kier molecular flexibility index (Phi) is 7.16.